The topological polar surface area (TPSA) is 17.1 Å². The van der Waals surface area contributed by atoms with Crippen LogP contribution in [-0.4, -0.2) is 13.6 Å². The molecule has 1 nitrogen and oxygen atoms in total. The molecule has 1 rings (SSSR count). The molecule has 0 fully saturated rings. The van der Waals surface area contributed by atoms with Crippen molar-refractivity contribution >= 4 is 19.1 Å². The van der Waals surface area contributed by atoms with Crippen molar-refractivity contribution in [3.05, 3.63) is 29.3 Å². The molecule has 15 heavy (non-hydrogen) atoms. The van der Waals surface area contributed by atoms with Gasteiger partial charge in [0, 0.05) is 12.3 Å². The molecule has 0 aliphatic carbocycles. The van der Waals surface area contributed by atoms with Crippen LogP contribution in [0.2, 0.25) is 0 Å². The maximum absolute atomic E-state index is 11.7. The number of carbonyl (C=O) groups excluding carboxylic acids is 1. The van der Waals surface area contributed by atoms with Crippen LogP contribution < -0.4 is 5.46 Å². The van der Waals surface area contributed by atoms with E-state index in [9.17, 15) is 4.79 Å². The van der Waals surface area contributed by atoms with Gasteiger partial charge in [-0.1, -0.05) is 44.4 Å². The third kappa shape index (κ3) is 3.23. The molecule has 0 heterocycles. The summed E-state index contributed by atoms with van der Waals surface area (Å²) in [6.07, 6.45) is 1.59. The Labute approximate surface area is 93.3 Å². The predicted octanol–water partition coefficient (Wildman–Crippen LogP) is 1.28. The number of benzene rings is 1. The van der Waals surface area contributed by atoms with Gasteiger partial charge in [0.1, 0.15) is 13.6 Å². The van der Waals surface area contributed by atoms with Gasteiger partial charge in [0.25, 0.3) is 0 Å². The summed E-state index contributed by atoms with van der Waals surface area (Å²) in [4.78, 5) is 11.7. The maximum atomic E-state index is 11.7. The first kappa shape index (κ1) is 12.0. The third-order valence-corrected chi connectivity index (χ3v) is 2.75. The van der Waals surface area contributed by atoms with Crippen LogP contribution in [0.5, 0.6) is 0 Å². The molecule has 0 aliphatic rings. The molecule has 0 aromatic heterocycles. The number of hydrogen-bond acceptors (Lipinski definition) is 1. The summed E-state index contributed by atoms with van der Waals surface area (Å²) in [5, 5.41) is 0. The van der Waals surface area contributed by atoms with E-state index in [-0.39, 0.29) is 5.92 Å². The van der Waals surface area contributed by atoms with Gasteiger partial charge in [-0.25, -0.2) is 0 Å². The first-order valence-corrected chi connectivity index (χ1v) is 5.65. The lowest BCUT2D eigenvalue weighted by atomic mass is 9.88. The van der Waals surface area contributed by atoms with Gasteiger partial charge in [-0.15, -0.1) is 0 Å². The van der Waals surface area contributed by atoms with E-state index in [2.05, 4.69) is 33.0 Å². The summed E-state index contributed by atoms with van der Waals surface area (Å²) in [5.74, 6) is 0.463. The summed E-state index contributed by atoms with van der Waals surface area (Å²) in [6, 6.07) is 6.39. The molecule has 0 amide bonds. The number of carbonyl (C=O) groups is 1. The van der Waals surface area contributed by atoms with Gasteiger partial charge in [-0.2, -0.15) is 0 Å². The Morgan fingerprint density at radius 2 is 2.00 bits per heavy atom. The van der Waals surface area contributed by atoms with E-state index in [1.807, 2.05) is 13.8 Å². The largest absolute Gasteiger partial charge is 0.299 e. The molecule has 0 unspecified atom stereocenters. The van der Waals surface area contributed by atoms with Gasteiger partial charge in [0.15, 0.2) is 0 Å². The van der Waals surface area contributed by atoms with Crippen molar-refractivity contribution in [2.45, 2.75) is 33.6 Å². The lowest BCUT2D eigenvalue weighted by molar-refractivity contribution is -0.121. The van der Waals surface area contributed by atoms with Crippen molar-refractivity contribution in [1.82, 2.24) is 0 Å². The SMILES string of the molecule is Bc1ccc(CC)c(CC(=O)C(C)C)c1. The molecule has 0 saturated carbocycles. The monoisotopic (exact) mass is 202 g/mol. The van der Waals surface area contributed by atoms with Gasteiger partial charge in [0.2, 0.25) is 0 Å². The third-order valence-electron chi connectivity index (χ3n) is 2.75. The van der Waals surface area contributed by atoms with E-state index >= 15 is 0 Å². The maximum Gasteiger partial charge on any atom is 0.139 e. The van der Waals surface area contributed by atoms with Crippen LogP contribution in [0.1, 0.15) is 31.9 Å². The van der Waals surface area contributed by atoms with Gasteiger partial charge in [-0.3, -0.25) is 4.79 Å². The van der Waals surface area contributed by atoms with Crippen LogP contribution in [-0.2, 0) is 17.6 Å². The minimum atomic E-state index is 0.134. The van der Waals surface area contributed by atoms with Crippen molar-refractivity contribution in [2.75, 3.05) is 0 Å². The highest BCUT2D eigenvalue weighted by Crippen LogP contribution is 2.11. The zero-order valence-corrected chi connectivity index (χ0v) is 10.1. The van der Waals surface area contributed by atoms with Crippen LogP contribution in [0.15, 0.2) is 18.2 Å². The van der Waals surface area contributed by atoms with E-state index < -0.39 is 0 Å². The van der Waals surface area contributed by atoms with Crippen LogP contribution >= 0.6 is 0 Å². The first-order chi connectivity index (χ1) is 7.04. The molecular formula is C13H19BO. The van der Waals surface area contributed by atoms with Crippen molar-refractivity contribution in [3.63, 3.8) is 0 Å². The first-order valence-electron chi connectivity index (χ1n) is 5.65. The second kappa shape index (κ2) is 5.15. The van der Waals surface area contributed by atoms with Crippen molar-refractivity contribution in [3.8, 4) is 0 Å². The summed E-state index contributed by atoms with van der Waals surface area (Å²) >= 11 is 0. The van der Waals surface area contributed by atoms with Gasteiger partial charge in [-0.05, 0) is 17.5 Å². The Morgan fingerprint density at radius 1 is 1.33 bits per heavy atom. The second-order valence-corrected chi connectivity index (χ2v) is 4.42. The quantitative estimate of drug-likeness (QED) is 0.672. The Kier molecular flexibility index (Phi) is 4.13. The van der Waals surface area contributed by atoms with Crippen molar-refractivity contribution in [2.24, 2.45) is 5.92 Å². The molecule has 0 aliphatic heterocycles. The predicted molar refractivity (Wildman–Crippen MR) is 67.5 cm³/mol. The molecule has 1 aromatic carbocycles. The molecule has 0 spiro atoms. The molecule has 80 valence electrons. The fraction of sp³-hybridized carbons (Fsp3) is 0.462. The lowest BCUT2D eigenvalue weighted by Gasteiger charge is -2.10. The smallest absolute Gasteiger partial charge is 0.139 e. The molecule has 0 saturated heterocycles. The molecule has 0 radical (unpaired) electrons. The lowest BCUT2D eigenvalue weighted by Crippen LogP contribution is -2.14. The molecule has 1 aromatic rings. The van der Waals surface area contributed by atoms with Crippen LogP contribution in [0.3, 0.4) is 0 Å². The highest BCUT2D eigenvalue weighted by atomic mass is 16.1. The summed E-state index contributed by atoms with van der Waals surface area (Å²) in [7, 11) is 2.07. The zero-order chi connectivity index (χ0) is 11.4. The Balaban J connectivity index is 2.92. The summed E-state index contributed by atoms with van der Waals surface area (Å²) in [5.41, 5.74) is 3.74. The van der Waals surface area contributed by atoms with Gasteiger partial charge < -0.3 is 0 Å². The van der Waals surface area contributed by atoms with Crippen LogP contribution in [0.4, 0.5) is 0 Å². The number of rotatable bonds is 4. The Hall–Kier alpha value is -1.05. The fourth-order valence-corrected chi connectivity index (χ4v) is 1.66. The molecule has 2 heteroatoms. The average molecular weight is 202 g/mol. The Bertz CT molecular complexity index is 356. The number of hydrogen-bond donors (Lipinski definition) is 0. The molecular weight excluding hydrogens is 183 g/mol. The van der Waals surface area contributed by atoms with E-state index in [0.29, 0.717) is 12.2 Å². The summed E-state index contributed by atoms with van der Waals surface area (Å²) in [6.45, 7) is 6.06. The number of ketones is 1. The van der Waals surface area contributed by atoms with E-state index in [1.54, 1.807) is 0 Å². The van der Waals surface area contributed by atoms with Gasteiger partial charge in [0.05, 0.1) is 0 Å². The molecule has 0 bridgehead atoms. The highest BCUT2D eigenvalue weighted by Gasteiger charge is 2.10. The molecule has 0 N–H and O–H groups in total. The standard InChI is InChI=1S/C13H19BO/c1-4-10-5-6-12(14)7-11(10)8-13(15)9(2)3/h5-7,9H,4,8,14H2,1-3H3. The minimum Gasteiger partial charge on any atom is -0.299 e. The van der Waals surface area contributed by atoms with E-state index in [4.69, 9.17) is 0 Å². The van der Waals surface area contributed by atoms with Crippen molar-refractivity contribution in [1.29, 1.82) is 0 Å². The minimum absolute atomic E-state index is 0.134. The Morgan fingerprint density at radius 3 is 2.53 bits per heavy atom. The van der Waals surface area contributed by atoms with E-state index in [1.165, 1.54) is 16.6 Å². The fourth-order valence-electron chi connectivity index (χ4n) is 1.66. The van der Waals surface area contributed by atoms with E-state index in [0.717, 1.165) is 6.42 Å². The average Bonchev–Trinajstić information content (AvgIpc) is 2.18. The zero-order valence-electron chi connectivity index (χ0n) is 10.1. The van der Waals surface area contributed by atoms with Crippen molar-refractivity contribution < 1.29 is 4.79 Å². The normalized spacial score (nSPS) is 10.7. The second-order valence-electron chi connectivity index (χ2n) is 4.42. The summed E-state index contributed by atoms with van der Waals surface area (Å²) < 4.78 is 0. The van der Waals surface area contributed by atoms with Crippen LogP contribution in [0.25, 0.3) is 0 Å². The number of Topliss-reactive ketones (excluding diaryl/α,β-unsaturated/α-hetero) is 1. The number of aryl methyl sites for hydroxylation is 1. The van der Waals surface area contributed by atoms with Gasteiger partial charge >= 0.3 is 0 Å². The van der Waals surface area contributed by atoms with Crippen LogP contribution in [0, 0.1) is 5.92 Å². The molecule has 0 atom stereocenters. The highest BCUT2D eigenvalue weighted by molar-refractivity contribution is 6.32.